The molecule has 0 radical (unpaired) electrons. The zero-order valence-corrected chi connectivity index (χ0v) is 9.59. The van der Waals surface area contributed by atoms with Crippen LogP contribution in [0.5, 0.6) is 5.75 Å². The van der Waals surface area contributed by atoms with Gasteiger partial charge in [-0.1, -0.05) is 0 Å². The Bertz CT molecular complexity index is 391. The minimum Gasteiger partial charge on any atom is -0.496 e. The van der Waals surface area contributed by atoms with Gasteiger partial charge in [-0.05, 0) is 44.5 Å². The van der Waals surface area contributed by atoms with Crippen molar-refractivity contribution in [2.45, 2.75) is 26.3 Å². The lowest BCUT2D eigenvalue weighted by molar-refractivity contribution is 0.411. The van der Waals surface area contributed by atoms with Crippen molar-refractivity contribution in [2.24, 2.45) is 0 Å². The standard InChI is InChI=1S/C12H16N2O/c1-9-7-10(5-6-11(9)15-4)14-12(2,3)8-13/h5-7,14H,1-4H3. The Kier molecular flexibility index (Phi) is 3.21. The summed E-state index contributed by atoms with van der Waals surface area (Å²) in [6.07, 6.45) is 0. The van der Waals surface area contributed by atoms with Crippen LogP contribution < -0.4 is 10.1 Å². The summed E-state index contributed by atoms with van der Waals surface area (Å²) in [4.78, 5) is 0. The molecule has 0 atom stereocenters. The number of nitrogens with zero attached hydrogens (tertiary/aromatic N) is 1. The minimum absolute atomic E-state index is 0.555. The van der Waals surface area contributed by atoms with Crippen molar-refractivity contribution in [3.8, 4) is 11.8 Å². The number of benzene rings is 1. The molecule has 3 heteroatoms. The van der Waals surface area contributed by atoms with Gasteiger partial charge in [0.2, 0.25) is 0 Å². The van der Waals surface area contributed by atoms with Gasteiger partial charge in [-0.25, -0.2) is 0 Å². The average molecular weight is 204 g/mol. The quantitative estimate of drug-likeness (QED) is 0.823. The predicted molar refractivity (Wildman–Crippen MR) is 61.0 cm³/mol. The smallest absolute Gasteiger partial charge is 0.121 e. The molecule has 0 aliphatic carbocycles. The van der Waals surface area contributed by atoms with E-state index in [-0.39, 0.29) is 0 Å². The second-order valence-electron chi connectivity index (χ2n) is 4.05. The Morgan fingerprint density at radius 3 is 2.53 bits per heavy atom. The van der Waals surface area contributed by atoms with E-state index in [1.165, 1.54) is 0 Å². The first-order chi connectivity index (χ1) is 6.98. The second kappa shape index (κ2) is 4.22. The van der Waals surface area contributed by atoms with Crippen LogP contribution in [-0.4, -0.2) is 12.6 Å². The third-order valence-electron chi connectivity index (χ3n) is 2.13. The molecule has 1 rings (SSSR count). The maximum atomic E-state index is 8.89. The molecule has 0 spiro atoms. The van der Waals surface area contributed by atoms with Gasteiger partial charge in [-0.3, -0.25) is 0 Å². The van der Waals surface area contributed by atoms with Crippen molar-refractivity contribution in [1.29, 1.82) is 5.26 Å². The van der Waals surface area contributed by atoms with E-state index in [0.717, 1.165) is 17.0 Å². The molecule has 80 valence electrons. The van der Waals surface area contributed by atoms with E-state index in [9.17, 15) is 0 Å². The molecule has 0 saturated carbocycles. The minimum atomic E-state index is -0.555. The fourth-order valence-electron chi connectivity index (χ4n) is 1.34. The van der Waals surface area contributed by atoms with Gasteiger partial charge in [0.1, 0.15) is 11.3 Å². The van der Waals surface area contributed by atoms with E-state index in [2.05, 4.69) is 11.4 Å². The third kappa shape index (κ3) is 2.88. The summed E-state index contributed by atoms with van der Waals surface area (Å²) in [7, 11) is 1.65. The molecule has 1 aromatic carbocycles. The third-order valence-corrected chi connectivity index (χ3v) is 2.13. The van der Waals surface area contributed by atoms with Gasteiger partial charge in [-0.2, -0.15) is 5.26 Å². The van der Waals surface area contributed by atoms with E-state index in [0.29, 0.717) is 0 Å². The van der Waals surface area contributed by atoms with Gasteiger partial charge >= 0.3 is 0 Å². The highest BCUT2D eigenvalue weighted by Gasteiger charge is 2.15. The number of anilines is 1. The molecule has 0 bridgehead atoms. The second-order valence-corrected chi connectivity index (χ2v) is 4.05. The molecule has 1 N–H and O–H groups in total. The largest absolute Gasteiger partial charge is 0.496 e. The summed E-state index contributed by atoms with van der Waals surface area (Å²) < 4.78 is 5.16. The van der Waals surface area contributed by atoms with Crippen molar-refractivity contribution >= 4 is 5.69 Å². The molecule has 15 heavy (non-hydrogen) atoms. The van der Waals surface area contributed by atoms with Gasteiger partial charge in [0.15, 0.2) is 0 Å². The first-order valence-electron chi connectivity index (χ1n) is 4.82. The molecule has 0 saturated heterocycles. The predicted octanol–water partition coefficient (Wildman–Crippen LogP) is 2.72. The van der Waals surface area contributed by atoms with Crippen LogP contribution in [0.25, 0.3) is 0 Å². The van der Waals surface area contributed by atoms with Crippen LogP contribution in [0.1, 0.15) is 19.4 Å². The molecule has 0 aliphatic heterocycles. The zero-order chi connectivity index (χ0) is 11.5. The number of methoxy groups -OCH3 is 1. The summed E-state index contributed by atoms with van der Waals surface area (Å²) in [6.45, 7) is 5.66. The lowest BCUT2D eigenvalue weighted by Gasteiger charge is -2.19. The monoisotopic (exact) mass is 204 g/mol. The molecule has 0 aliphatic rings. The Hall–Kier alpha value is -1.69. The molecule has 1 aromatic rings. The first kappa shape index (κ1) is 11.4. The zero-order valence-electron chi connectivity index (χ0n) is 9.59. The van der Waals surface area contributed by atoms with Crippen LogP contribution in [0.15, 0.2) is 18.2 Å². The lowest BCUT2D eigenvalue weighted by Crippen LogP contribution is -2.28. The van der Waals surface area contributed by atoms with Crippen molar-refractivity contribution in [3.63, 3.8) is 0 Å². The maximum absolute atomic E-state index is 8.89. The molecule has 0 heterocycles. The number of hydrogen-bond acceptors (Lipinski definition) is 3. The Balaban J connectivity index is 2.90. The van der Waals surface area contributed by atoms with Crippen molar-refractivity contribution in [2.75, 3.05) is 12.4 Å². The molecule has 0 fully saturated rings. The Labute approximate surface area is 90.7 Å². The topological polar surface area (TPSA) is 45.0 Å². The maximum Gasteiger partial charge on any atom is 0.121 e. The highest BCUT2D eigenvalue weighted by molar-refractivity contribution is 5.53. The van der Waals surface area contributed by atoms with E-state index in [1.54, 1.807) is 7.11 Å². The number of nitriles is 1. The average Bonchev–Trinajstić information content (AvgIpc) is 2.17. The summed E-state index contributed by atoms with van der Waals surface area (Å²) in [5.41, 5.74) is 1.43. The van der Waals surface area contributed by atoms with Gasteiger partial charge in [0.25, 0.3) is 0 Å². The fraction of sp³-hybridized carbons (Fsp3) is 0.417. The van der Waals surface area contributed by atoms with Gasteiger partial charge < -0.3 is 10.1 Å². The fourth-order valence-corrected chi connectivity index (χ4v) is 1.34. The Morgan fingerprint density at radius 1 is 1.40 bits per heavy atom. The molecule has 0 aromatic heterocycles. The van der Waals surface area contributed by atoms with Crippen LogP contribution in [-0.2, 0) is 0 Å². The molecular formula is C12H16N2O. The molecule has 0 amide bonds. The van der Waals surface area contributed by atoms with Crippen LogP contribution in [0.2, 0.25) is 0 Å². The van der Waals surface area contributed by atoms with Crippen LogP contribution in [0.3, 0.4) is 0 Å². The SMILES string of the molecule is COc1ccc(NC(C)(C)C#N)cc1C. The van der Waals surface area contributed by atoms with E-state index in [1.807, 2.05) is 39.0 Å². The normalized spacial score (nSPS) is 10.6. The number of rotatable bonds is 3. The van der Waals surface area contributed by atoms with E-state index < -0.39 is 5.54 Å². The summed E-state index contributed by atoms with van der Waals surface area (Å²) in [6, 6.07) is 7.97. The van der Waals surface area contributed by atoms with Gasteiger partial charge in [0.05, 0.1) is 13.2 Å². The number of aryl methyl sites for hydroxylation is 1. The van der Waals surface area contributed by atoms with Gasteiger partial charge in [0, 0.05) is 5.69 Å². The highest BCUT2D eigenvalue weighted by Crippen LogP contribution is 2.23. The van der Waals surface area contributed by atoms with Crippen LogP contribution >= 0.6 is 0 Å². The van der Waals surface area contributed by atoms with E-state index >= 15 is 0 Å². The van der Waals surface area contributed by atoms with Crippen molar-refractivity contribution < 1.29 is 4.74 Å². The summed E-state index contributed by atoms with van der Waals surface area (Å²) in [5.74, 6) is 0.857. The van der Waals surface area contributed by atoms with Crippen molar-refractivity contribution in [1.82, 2.24) is 0 Å². The van der Waals surface area contributed by atoms with E-state index in [4.69, 9.17) is 10.00 Å². The molecular weight excluding hydrogens is 188 g/mol. The van der Waals surface area contributed by atoms with Crippen LogP contribution in [0, 0.1) is 18.3 Å². The Morgan fingerprint density at radius 2 is 2.07 bits per heavy atom. The summed E-state index contributed by atoms with van der Waals surface area (Å²) >= 11 is 0. The first-order valence-corrected chi connectivity index (χ1v) is 4.82. The number of ether oxygens (including phenoxy) is 1. The van der Waals surface area contributed by atoms with Crippen molar-refractivity contribution in [3.05, 3.63) is 23.8 Å². The lowest BCUT2D eigenvalue weighted by atomic mass is 10.1. The molecule has 0 unspecified atom stereocenters. The highest BCUT2D eigenvalue weighted by atomic mass is 16.5. The molecule has 3 nitrogen and oxygen atoms in total. The number of hydrogen-bond donors (Lipinski definition) is 1. The van der Waals surface area contributed by atoms with Gasteiger partial charge in [-0.15, -0.1) is 0 Å². The summed E-state index contributed by atoms with van der Waals surface area (Å²) in [5, 5.41) is 12.0. The number of nitrogens with one attached hydrogen (secondary N) is 1. The van der Waals surface area contributed by atoms with Crippen LogP contribution in [0.4, 0.5) is 5.69 Å².